The molecule has 2 rings (SSSR count). The highest BCUT2D eigenvalue weighted by Gasteiger charge is 2.20. The molecular weight excluding hydrogens is 206 g/mol. The van der Waals surface area contributed by atoms with E-state index in [9.17, 15) is 4.79 Å². The zero-order valence-electron chi connectivity index (χ0n) is 9.26. The lowest BCUT2D eigenvalue weighted by molar-refractivity contribution is -0.127. The van der Waals surface area contributed by atoms with E-state index in [-0.39, 0.29) is 5.91 Å². The average molecular weight is 221 g/mol. The maximum absolute atomic E-state index is 11.7. The zero-order chi connectivity index (χ0) is 11.5. The van der Waals surface area contributed by atoms with E-state index in [1.807, 2.05) is 11.9 Å². The van der Waals surface area contributed by atoms with Crippen molar-refractivity contribution in [2.24, 2.45) is 0 Å². The maximum atomic E-state index is 11.7. The van der Waals surface area contributed by atoms with Crippen LogP contribution in [0.5, 0.6) is 0 Å². The van der Waals surface area contributed by atoms with Gasteiger partial charge >= 0.3 is 0 Å². The minimum Gasteiger partial charge on any atom is -0.396 e. The summed E-state index contributed by atoms with van der Waals surface area (Å²) < 4.78 is 0. The molecule has 1 aliphatic heterocycles. The number of likely N-dealkylation sites (N-methyl/N-ethyl adjacent to an activating group) is 1. The molecule has 16 heavy (non-hydrogen) atoms. The predicted molar refractivity (Wildman–Crippen MR) is 60.9 cm³/mol. The zero-order valence-corrected chi connectivity index (χ0v) is 9.26. The largest absolute Gasteiger partial charge is 0.396 e. The minimum atomic E-state index is 0.0953. The van der Waals surface area contributed by atoms with Gasteiger partial charge < -0.3 is 15.5 Å². The molecule has 2 heterocycles. The van der Waals surface area contributed by atoms with Crippen LogP contribution in [-0.4, -0.2) is 47.5 Å². The fourth-order valence-electron chi connectivity index (χ4n) is 1.65. The Hall–Kier alpha value is -1.85. The summed E-state index contributed by atoms with van der Waals surface area (Å²) in [6.07, 6.45) is 4.04. The molecule has 1 aromatic rings. The van der Waals surface area contributed by atoms with Gasteiger partial charge in [0.2, 0.25) is 11.9 Å². The standard InChI is InChI=1S/C10H15N5O/c1-14-3-2-4-15(7-9(14)16)10-12-5-8(11)6-13-10/h5-6H,2-4,7,11H2,1H3. The van der Waals surface area contributed by atoms with Gasteiger partial charge in [-0.15, -0.1) is 0 Å². The molecule has 1 fully saturated rings. The molecule has 1 saturated heterocycles. The van der Waals surface area contributed by atoms with E-state index in [1.165, 1.54) is 0 Å². The van der Waals surface area contributed by atoms with Gasteiger partial charge in [0.1, 0.15) is 0 Å². The number of carbonyl (C=O) groups is 1. The van der Waals surface area contributed by atoms with Crippen molar-refractivity contribution in [1.82, 2.24) is 14.9 Å². The second kappa shape index (κ2) is 4.34. The van der Waals surface area contributed by atoms with E-state index in [1.54, 1.807) is 17.3 Å². The van der Waals surface area contributed by atoms with Crippen LogP contribution in [0.1, 0.15) is 6.42 Å². The first kappa shape index (κ1) is 10.7. The Bertz CT molecular complexity index is 377. The predicted octanol–water partition coefficient (Wildman–Crippen LogP) is -0.273. The Morgan fingerprint density at radius 3 is 2.69 bits per heavy atom. The van der Waals surface area contributed by atoms with Crippen molar-refractivity contribution in [3.05, 3.63) is 12.4 Å². The number of aromatic nitrogens is 2. The van der Waals surface area contributed by atoms with Gasteiger partial charge in [-0.2, -0.15) is 0 Å². The molecule has 1 aromatic heterocycles. The number of rotatable bonds is 1. The van der Waals surface area contributed by atoms with Crippen molar-refractivity contribution in [3.63, 3.8) is 0 Å². The van der Waals surface area contributed by atoms with Gasteiger partial charge in [0.05, 0.1) is 24.6 Å². The highest BCUT2D eigenvalue weighted by atomic mass is 16.2. The first-order chi connectivity index (χ1) is 7.66. The van der Waals surface area contributed by atoms with Crippen molar-refractivity contribution < 1.29 is 4.79 Å². The van der Waals surface area contributed by atoms with Crippen molar-refractivity contribution in [2.75, 3.05) is 37.3 Å². The van der Waals surface area contributed by atoms with E-state index < -0.39 is 0 Å². The van der Waals surface area contributed by atoms with Crippen molar-refractivity contribution in [3.8, 4) is 0 Å². The summed E-state index contributed by atoms with van der Waals surface area (Å²) >= 11 is 0. The Balaban J connectivity index is 2.14. The number of amides is 1. The van der Waals surface area contributed by atoms with E-state index in [0.717, 1.165) is 19.5 Å². The Morgan fingerprint density at radius 2 is 2.00 bits per heavy atom. The van der Waals surface area contributed by atoms with Gasteiger partial charge in [0.25, 0.3) is 0 Å². The van der Waals surface area contributed by atoms with Crippen LogP contribution < -0.4 is 10.6 Å². The summed E-state index contributed by atoms with van der Waals surface area (Å²) in [5.41, 5.74) is 6.05. The van der Waals surface area contributed by atoms with E-state index in [2.05, 4.69) is 9.97 Å². The number of hydrogen-bond acceptors (Lipinski definition) is 5. The highest BCUT2D eigenvalue weighted by molar-refractivity contribution is 5.81. The third kappa shape index (κ3) is 2.21. The molecule has 2 N–H and O–H groups in total. The number of nitrogens with two attached hydrogens (primary N) is 1. The fraction of sp³-hybridized carbons (Fsp3) is 0.500. The van der Waals surface area contributed by atoms with Crippen LogP contribution in [0.2, 0.25) is 0 Å². The van der Waals surface area contributed by atoms with Gasteiger partial charge in [0, 0.05) is 20.1 Å². The van der Waals surface area contributed by atoms with Crippen LogP contribution in [0.25, 0.3) is 0 Å². The van der Waals surface area contributed by atoms with Crippen LogP contribution in [0.3, 0.4) is 0 Å². The van der Waals surface area contributed by atoms with Gasteiger partial charge in [-0.05, 0) is 6.42 Å². The number of hydrogen-bond donors (Lipinski definition) is 1. The molecule has 0 radical (unpaired) electrons. The number of nitrogen functional groups attached to an aromatic ring is 1. The first-order valence-electron chi connectivity index (χ1n) is 5.23. The summed E-state index contributed by atoms with van der Waals surface area (Å²) in [7, 11) is 1.82. The number of nitrogens with zero attached hydrogens (tertiary/aromatic N) is 4. The fourth-order valence-corrected chi connectivity index (χ4v) is 1.65. The summed E-state index contributed by atoms with van der Waals surface area (Å²) in [5.74, 6) is 0.663. The van der Waals surface area contributed by atoms with Crippen LogP contribution in [0, 0.1) is 0 Å². The third-order valence-electron chi connectivity index (χ3n) is 2.61. The Labute approximate surface area is 94.1 Å². The number of carbonyl (C=O) groups excluding carboxylic acids is 1. The quantitative estimate of drug-likeness (QED) is 0.706. The van der Waals surface area contributed by atoms with Gasteiger partial charge in [-0.25, -0.2) is 9.97 Å². The van der Waals surface area contributed by atoms with E-state index in [0.29, 0.717) is 18.2 Å². The van der Waals surface area contributed by atoms with Crippen LogP contribution in [-0.2, 0) is 4.79 Å². The molecule has 0 bridgehead atoms. The lowest BCUT2D eigenvalue weighted by Crippen LogP contribution is -2.35. The molecule has 0 unspecified atom stereocenters. The molecule has 1 aliphatic rings. The van der Waals surface area contributed by atoms with Crippen molar-refractivity contribution >= 4 is 17.5 Å². The Morgan fingerprint density at radius 1 is 1.31 bits per heavy atom. The first-order valence-corrected chi connectivity index (χ1v) is 5.23. The van der Waals surface area contributed by atoms with Crippen LogP contribution in [0.4, 0.5) is 11.6 Å². The van der Waals surface area contributed by atoms with Crippen molar-refractivity contribution in [2.45, 2.75) is 6.42 Å². The lowest BCUT2D eigenvalue weighted by atomic mass is 10.4. The lowest BCUT2D eigenvalue weighted by Gasteiger charge is -2.19. The van der Waals surface area contributed by atoms with Crippen LogP contribution >= 0.6 is 0 Å². The van der Waals surface area contributed by atoms with Gasteiger partial charge in [0.15, 0.2) is 0 Å². The van der Waals surface area contributed by atoms with Gasteiger partial charge in [-0.1, -0.05) is 0 Å². The molecule has 0 atom stereocenters. The summed E-state index contributed by atoms with van der Waals surface area (Å²) in [6, 6.07) is 0. The summed E-state index contributed by atoms with van der Waals surface area (Å²) in [4.78, 5) is 23.5. The molecule has 1 amide bonds. The van der Waals surface area contributed by atoms with Crippen molar-refractivity contribution in [1.29, 1.82) is 0 Å². The van der Waals surface area contributed by atoms with Gasteiger partial charge in [-0.3, -0.25) is 4.79 Å². The topological polar surface area (TPSA) is 75.3 Å². The van der Waals surface area contributed by atoms with Crippen LogP contribution in [0.15, 0.2) is 12.4 Å². The molecule has 0 aromatic carbocycles. The molecule has 0 saturated carbocycles. The second-order valence-corrected chi connectivity index (χ2v) is 3.91. The smallest absolute Gasteiger partial charge is 0.241 e. The monoisotopic (exact) mass is 221 g/mol. The summed E-state index contributed by atoms with van der Waals surface area (Å²) in [6.45, 7) is 1.91. The van der Waals surface area contributed by atoms with E-state index >= 15 is 0 Å². The van der Waals surface area contributed by atoms with E-state index in [4.69, 9.17) is 5.73 Å². The molecule has 0 aliphatic carbocycles. The Kier molecular flexibility index (Phi) is 2.89. The molecule has 0 spiro atoms. The average Bonchev–Trinajstić information content (AvgIpc) is 2.43. The molecule has 86 valence electrons. The highest BCUT2D eigenvalue weighted by Crippen LogP contribution is 2.11. The second-order valence-electron chi connectivity index (χ2n) is 3.91. The minimum absolute atomic E-state index is 0.0953. The summed E-state index contributed by atoms with van der Waals surface area (Å²) in [5, 5.41) is 0. The molecule has 6 heteroatoms. The third-order valence-corrected chi connectivity index (χ3v) is 2.61. The number of anilines is 2. The SMILES string of the molecule is CN1CCCN(c2ncc(N)cn2)CC1=O. The molecule has 6 nitrogen and oxygen atoms in total. The normalized spacial score (nSPS) is 17.4. The maximum Gasteiger partial charge on any atom is 0.241 e. The molecular formula is C10H15N5O.